The van der Waals surface area contributed by atoms with Crippen LogP contribution in [0, 0.1) is 0 Å². The second kappa shape index (κ2) is 5.64. The fourth-order valence-corrected chi connectivity index (χ4v) is 1.72. The fourth-order valence-electron chi connectivity index (χ4n) is 1.72. The molecule has 5 nitrogen and oxygen atoms in total. The van der Waals surface area contributed by atoms with Crippen molar-refractivity contribution in [2.24, 2.45) is 0 Å². The second-order valence-electron chi connectivity index (χ2n) is 3.92. The number of ether oxygens (including phenoxy) is 1. The Balaban J connectivity index is 2.23. The summed E-state index contributed by atoms with van der Waals surface area (Å²) < 4.78 is 10.5. The van der Waals surface area contributed by atoms with Crippen LogP contribution in [0.1, 0.15) is 25.3 Å². The van der Waals surface area contributed by atoms with Gasteiger partial charge in [0, 0.05) is 25.4 Å². The van der Waals surface area contributed by atoms with E-state index in [-0.39, 0.29) is 6.10 Å². The van der Waals surface area contributed by atoms with Crippen molar-refractivity contribution in [3.05, 3.63) is 30.1 Å². The van der Waals surface area contributed by atoms with Gasteiger partial charge >= 0.3 is 0 Å². The molecule has 0 spiro atoms. The maximum atomic E-state index is 5.28. The predicted molar refractivity (Wildman–Crippen MR) is 69.3 cm³/mol. The van der Waals surface area contributed by atoms with Gasteiger partial charge < -0.3 is 14.6 Å². The molecule has 0 saturated carbocycles. The van der Waals surface area contributed by atoms with Gasteiger partial charge in [0.1, 0.15) is 6.10 Å². The van der Waals surface area contributed by atoms with Crippen LogP contribution in [-0.2, 0) is 4.74 Å². The highest BCUT2D eigenvalue weighted by Gasteiger charge is 2.16. The minimum absolute atomic E-state index is 0.112. The Morgan fingerprint density at radius 2 is 2.06 bits per heavy atom. The maximum absolute atomic E-state index is 5.28. The molecule has 2 rings (SSSR count). The van der Waals surface area contributed by atoms with Crippen LogP contribution in [0.4, 0.5) is 5.69 Å². The van der Waals surface area contributed by atoms with Gasteiger partial charge in [0.25, 0.3) is 5.89 Å². The van der Waals surface area contributed by atoms with Crippen LogP contribution in [0.5, 0.6) is 0 Å². The van der Waals surface area contributed by atoms with Crippen molar-refractivity contribution in [3.63, 3.8) is 0 Å². The van der Waals surface area contributed by atoms with Crippen LogP contribution < -0.4 is 5.32 Å². The number of benzene rings is 1. The van der Waals surface area contributed by atoms with E-state index in [0.29, 0.717) is 11.7 Å². The Bertz CT molecular complexity index is 489. The first kappa shape index (κ1) is 12.6. The topological polar surface area (TPSA) is 60.2 Å². The first-order valence-electron chi connectivity index (χ1n) is 5.93. The molecule has 96 valence electrons. The lowest BCUT2D eigenvalue weighted by Crippen LogP contribution is -2.01. The summed E-state index contributed by atoms with van der Waals surface area (Å²) in [4.78, 5) is 4.35. The molecule has 2 aromatic rings. The van der Waals surface area contributed by atoms with Crippen molar-refractivity contribution in [2.75, 3.05) is 19.5 Å². The van der Waals surface area contributed by atoms with E-state index in [0.717, 1.165) is 17.7 Å². The van der Waals surface area contributed by atoms with Crippen LogP contribution >= 0.6 is 0 Å². The van der Waals surface area contributed by atoms with Crippen LogP contribution in [0.2, 0.25) is 0 Å². The first-order valence-corrected chi connectivity index (χ1v) is 5.93. The maximum Gasteiger partial charge on any atom is 0.258 e. The molecule has 1 unspecified atom stereocenters. The summed E-state index contributed by atoms with van der Waals surface area (Å²) in [6.45, 7) is 2.02. The van der Waals surface area contributed by atoms with Gasteiger partial charge in [0.2, 0.25) is 5.82 Å². The molecule has 0 fully saturated rings. The van der Waals surface area contributed by atoms with E-state index in [9.17, 15) is 0 Å². The molecule has 18 heavy (non-hydrogen) atoms. The largest absolute Gasteiger partial charge is 0.388 e. The van der Waals surface area contributed by atoms with Crippen molar-refractivity contribution >= 4 is 5.69 Å². The van der Waals surface area contributed by atoms with Gasteiger partial charge in [0.15, 0.2) is 0 Å². The smallest absolute Gasteiger partial charge is 0.258 e. The van der Waals surface area contributed by atoms with E-state index < -0.39 is 0 Å². The van der Waals surface area contributed by atoms with Crippen LogP contribution in [0.25, 0.3) is 11.5 Å². The van der Waals surface area contributed by atoms with Crippen molar-refractivity contribution in [3.8, 4) is 11.5 Å². The van der Waals surface area contributed by atoms with Crippen molar-refractivity contribution in [2.45, 2.75) is 19.4 Å². The summed E-state index contributed by atoms with van der Waals surface area (Å²) in [6, 6.07) is 7.81. The number of aromatic nitrogens is 2. The highest BCUT2D eigenvalue weighted by Crippen LogP contribution is 2.23. The zero-order valence-corrected chi connectivity index (χ0v) is 10.8. The van der Waals surface area contributed by atoms with Crippen LogP contribution in [-0.4, -0.2) is 24.3 Å². The lowest BCUT2D eigenvalue weighted by molar-refractivity contribution is 0.0903. The van der Waals surface area contributed by atoms with E-state index in [1.54, 1.807) is 7.11 Å². The van der Waals surface area contributed by atoms with Gasteiger partial charge in [-0.05, 0) is 30.7 Å². The third kappa shape index (κ3) is 2.51. The van der Waals surface area contributed by atoms with E-state index >= 15 is 0 Å². The Morgan fingerprint density at radius 1 is 1.33 bits per heavy atom. The minimum atomic E-state index is -0.112. The van der Waals surface area contributed by atoms with E-state index in [4.69, 9.17) is 9.26 Å². The van der Waals surface area contributed by atoms with E-state index in [2.05, 4.69) is 15.5 Å². The number of hydrogen-bond acceptors (Lipinski definition) is 5. The summed E-state index contributed by atoms with van der Waals surface area (Å²) in [5.74, 6) is 1.11. The van der Waals surface area contributed by atoms with Crippen LogP contribution in [0.3, 0.4) is 0 Å². The third-order valence-corrected chi connectivity index (χ3v) is 2.81. The lowest BCUT2D eigenvalue weighted by Gasteiger charge is -2.06. The normalized spacial score (nSPS) is 12.4. The Kier molecular flexibility index (Phi) is 3.94. The standard InChI is InChI=1S/C13H17N3O2/c1-4-11(17-3)12-15-13(18-16-12)9-5-7-10(14-2)8-6-9/h5-8,11,14H,4H2,1-3H3. The number of methoxy groups -OCH3 is 1. The molecule has 0 saturated heterocycles. The average molecular weight is 247 g/mol. The Morgan fingerprint density at radius 3 is 2.61 bits per heavy atom. The van der Waals surface area contributed by atoms with Crippen molar-refractivity contribution in [1.29, 1.82) is 0 Å². The highest BCUT2D eigenvalue weighted by atomic mass is 16.5. The Labute approximate surface area is 106 Å². The predicted octanol–water partition coefficient (Wildman–Crippen LogP) is 2.88. The quantitative estimate of drug-likeness (QED) is 0.880. The number of hydrogen-bond donors (Lipinski definition) is 1. The molecule has 0 aliphatic rings. The molecule has 1 aromatic heterocycles. The number of nitrogens with zero attached hydrogens (tertiary/aromatic N) is 2. The van der Waals surface area contributed by atoms with Crippen LogP contribution in [0.15, 0.2) is 28.8 Å². The molecular weight excluding hydrogens is 230 g/mol. The Hall–Kier alpha value is -1.88. The molecule has 1 N–H and O–H groups in total. The molecule has 0 aliphatic heterocycles. The van der Waals surface area contributed by atoms with Gasteiger partial charge in [0.05, 0.1) is 0 Å². The van der Waals surface area contributed by atoms with Gasteiger partial charge in [-0.1, -0.05) is 12.1 Å². The first-order chi connectivity index (χ1) is 8.78. The number of rotatable bonds is 5. The highest BCUT2D eigenvalue weighted by molar-refractivity contribution is 5.58. The number of anilines is 1. The molecule has 1 aromatic carbocycles. The van der Waals surface area contributed by atoms with Gasteiger partial charge in [-0.2, -0.15) is 4.98 Å². The summed E-state index contributed by atoms with van der Waals surface area (Å²) in [5.41, 5.74) is 1.94. The summed E-state index contributed by atoms with van der Waals surface area (Å²) in [7, 11) is 3.52. The summed E-state index contributed by atoms with van der Waals surface area (Å²) in [5, 5.41) is 7.01. The molecule has 1 heterocycles. The second-order valence-corrected chi connectivity index (χ2v) is 3.92. The lowest BCUT2D eigenvalue weighted by atomic mass is 10.2. The van der Waals surface area contributed by atoms with Gasteiger partial charge in [-0.25, -0.2) is 0 Å². The zero-order chi connectivity index (χ0) is 13.0. The molecule has 1 atom stereocenters. The molecule has 5 heteroatoms. The average Bonchev–Trinajstić information content (AvgIpc) is 2.90. The van der Waals surface area contributed by atoms with Gasteiger partial charge in [-0.15, -0.1) is 0 Å². The molecule has 0 radical (unpaired) electrons. The molecule has 0 aliphatic carbocycles. The minimum Gasteiger partial charge on any atom is -0.388 e. The van der Waals surface area contributed by atoms with E-state index in [1.807, 2.05) is 38.2 Å². The van der Waals surface area contributed by atoms with Crippen molar-refractivity contribution in [1.82, 2.24) is 10.1 Å². The third-order valence-electron chi connectivity index (χ3n) is 2.81. The molecular formula is C13H17N3O2. The zero-order valence-electron chi connectivity index (χ0n) is 10.8. The SMILES string of the molecule is CCC(OC)c1noc(-c2ccc(NC)cc2)n1. The molecule has 0 bridgehead atoms. The monoisotopic (exact) mass is 247 g/mol. The van der Waals surface area contributed by atoms with Crippen molar-refractivity contribution < 1.29 is 9.26 Å². The fraction of sp³-hybridized carbons (Fsp3) is 0.385. The van der Waals surface area contributed by atoms with Gasteiger partial charge in [-0.3, -0.25) is 0 Å². The summed E-state index contributed by atoms with van der Waals surface area (Å²) in [6.07, 6.45) is 0.702. The molecule has 0 amide bonds. The van der Waals surface area contributed by atoms with E-state index in [1.165, 1.54) is 0 Å². The number of nitrogens with one attached hydrogen (secondary N) is 1. The summed E-state index contributed by atoms with van der Waals surface area (Å²) >= 11 is 0.